The number of ether oxygens (including phenoxy) is 1. The van der Waals surface area contributed by atoms with Gasteiger partial charge < -0.3 is 15.0 Å². The molecular formula is C23H20ClN3O3. The van der Waals surface area contributed by atoms with Gasteiger partial charge in [0.05, 0.1) is 10.6 Å². The highest BCUT2D eigenvalue weighted by Gasteiger charge is 2.22. The second-order valence-electron chi connectivity index (χ2n) is 6.92. The Balaban J connectivity index is 1.43. The van der Waals surface area contributed by atoms with Gasteiger partial charge in [-0.15, -0.1) is 0 Å². The molecule has 1 aliphatic heterocycles. The van der Waals surface area contributed by atoms with Gasteiger partial charge in [-0.05, 0) is 61.4 Å². The fourth-order valence-electron chi connectivity index (χ4n) is 3.35. The van der Waals surface area contributed by atoms with Crippen LogP contribution in [0.25, 0.3) is 0 Å². The van der Waals surface area contributed by atoms with Crippen LogP contribution in [0.4, 0.5) is 11.5 Å². The summed E-state index contributed by atoms with van der Waals surface area (Å²) in [5.41, 5.74) is 1.40. The third-order valence-electron chi connectivity index (χ3n) is 4.85. The molecule has 4 rings (SSSR count). The maximum Gasteiger partial charge on any atom is 0.347 e. The van der Waals surface area contributed by atoms with Crippen molar-refractivity contribution in [2.45, 2.75) is 12.8 Å². The highest BCUT2D eigenvalue weighted by atomic mass is 35.5. The number of amides is 1. The Bertz CT molecular complexity index is 1060. The van der Waals surface area contributed by atoms with E-state index in [0.717, 1.165) is 25.9 Å². The standard InChI is InChI=1S/C23H20ClN3O3/c24-20-8-2-1-6-18(20)22(28)26-16-9-11-17(12-10-16)30-23(29)19-7-5-13-25-21(19)27-14-3-4-15-27/h1-2,5-13H,3-4,14-15H2,(H,26,28). The first-order chi connectivity index (χ1) is 14.6. The van der Waals surface area contributed by atoms with E-state index in [0.29, 0.717) is 33.4 Å². The number of hydrogen-bond donors (Lipinski definition) is 1. The van der Waals surface area contributed by atoms with E-state index < -0.39 is 5.97 Å². The van der Waals surface area contributed by atoms with Gasteiger partial charge in [0, 0.05) is 25.0 Å². The fraction of sp³-hybridized carbons (Fsp3) is 0.174. The molecule has 1 saturated heterocycles. The summed E-state index contributed by atoms with van der Waals surface area (Å²) in [5.74, 6) is 0.268. The van der Waals surface area contributed by atoms with E-state index in [4.69, 9.17) is 16.3 Å². The molecule has 3 aromatic rings. The molecule has 1 aliphatic rings. The van der Waals surface area contributed by atoms with Crippen LogP contribution in [-0.2, 0) is 0 Å². The Morgan fingerprint density at radius 2 is 1.63 bits per heavy atom. The number of anilines is 2. The van der Waals surface area contributed by atoms with E-state index in [2.05, 4.69) is 15.2 Å². The van der Waals surface area contributed by atoms with Gasteiger partial charge in [-0.2, -0.15) is 0 Å². The zero-order chi connectivity index (χ0) is 20.9. The van der Waals surface area contributed by atoms with Crippen LogP contribution in [0.2, 0.25) is 5.02 Å². The zero-order valence-corrected chi connectivity index (χ0v) is 16.9. The lowest BCUT2D eigenvalue weighted by molar-refractivity contribution is 0.0734. The SMILES string of the molecule is O=C(Nc1ccc(OC(=O)c2cccnc2N2CCCC2)cc1)c1ccccc1Cl. The Morgan fingerprint density at radius 1 is 0.933 bits per heavy atom. The largest absolute Gasteiger partial charge is 0.423 e. The van der Waals surface area contributed by atoms with E-state index in [9.17, 15) is 9.59 Å². The van der Waals surface area contributed by atoms with Gasteiger partial charge in [-0.3, -0.25) is 4.79 Å². The van der Waals surface area contributed by atoms with Crippen LogP contribution in [0.5, 0.6) is 5.75 Å². The Hall–Kier alpha value is -3.38. The van der Waals surface area contributed by atoms with Crippen LogP contribution in [-0.4, -0.2) is 29.9 Å². The first kappa shape index (κ1) is 19.9. The molecule has 6 nitrogen and oxygen atoms in total. The number of halogens is 1. The Labute approximate surface area is 179 Å². The number of rotatable bonds is 5. The molecule has 0 spiro atoms. The summed E-state index contributed by atoms with van der Waals surface area (Å²) in [4.78, 5) is 31.5. The van der Waals surface area contributed by atoms with E-state index in [1.807, 2.05) is 0 Å². The van der Waals surface area contributed by atoms with Crippen molar-refractivity contribution in [1.29, 1.82) is 0 Å². The Kier molecular flexibility index (Phi) is 5.95. The predicted molar refractivity (Wildman–Crippen MR) is 116 cm³/mol. The van der Waals surface area contributed by atoms with E-state index >= 15 is 0 Å². The number of pyridine rings is 1. The highest BCUT2D eigenvalue weighted by Crippen LogP contribution is 2.24. The molecule has 1 N–H and O–H groups in total. The van der Waals surface area contributed by atoms with Crippen molar-refractivity contribution in [3.8, 4) is 5.75 Å². The lowest BCUT2D eigenvalue weighted by atomic mass is 10.2. The van der Waals surface area contributed by atoms with Gasteiger partial charge in [0.25, 0.3) is 5.91 Å². The molecule has 2 heterocycles. The number of benzene rings is 2. The molecular weight excluding hydrogens is 402 g/mol. The second kappa shape index (κ2) is 8.97. The number of nitrogens with one attached hydrogen (secondary N) is 1. The minimum atomic E-state index is -0.460. The Morgan fingerprint density at radius 3 is 2.37 bits per heavy atom. The second-order valence-corrected chi connectivity index (χ2v) is 7.32. The number of carbonyl (C=O) groups is 2. The van der Waals surface area contributed by atoms with Gasteiger partial charge in [0.2, 0.25) is 0 Å². The maximum atomic E-state index is 12.7. The number of esters is 1. The van der Waals surface area contributed by atoms with E-state index in [-0.39, 0.29) is 5.91 Å². The summed E-state index contributed by atoms with van der Waals surface area (Å²) in [7, 11) is 0. The van der Waals surface area contributed by atoms with Crippen LogP contribution in [0.1, 0.15) is 33.6 Å². The molecule has 0 aliphatic carbocycles. The first-order valence-corrected chi connectivity index (χ1v) is 10.1. The molecule has 7 heteroatoms. The topological polar surface area (TPSA) is 71.5 Å². The summed E-state index contributed by atoms with van der Waals surface area (Å²) in [5, 5.41) is 3.16. The molecule has 2 aromatic carbocycles. The van der Waals surface area contributed by atoms with Crippen LogP contribution >= 0.6 is 11.6 Å². The van der Waals surface area contributed by atoms with Crippen LogP contribution in [0.3, 0.4) is 0 Å². The number of carbonyl (C=O) groups excluding carboxylic acids is 2. The van der Waals surface area contributed by atoms with Crippen molar-refractivity contribution in [2.24, 2.45) is 0 Å². The molecule has 1 fully saturated rings. The smallest absolute Gasteiger partial charge is 0.347 e. The summed E-state index contributed by atoms with van der Waals surface area (Å²) in [6, 6.07) is 16.9. The average Bonchev–Trinajstić information content (AvgIpc) is 3.30. The van der Waals surface area contributed by atoms with Crippen molar-refractivity contribution in [1.82, 2.24) is 4.98 Å². The van der Waals surface area contributed by atoms with Crippen molar-refractivity contribution in [2.75, 3.05) is 23.3 Å². The number of aromatic nitrogens is 1. The minimum Gasteiger partial charge on any atom is -0.423 e. The minimum absolute atomic E-state index is 0.309. The monoisotopic (exact) mass is 421 g/mol. The molecule has 152 valence electrons. The summed E-state index contributed by atoms with van der Waals surface area (Å²) < 4.78 is 5.52. The summed E-state index contributed by atoms with van der Waals surface area (Å²) in [6.07, 6.45) is 3.86. The molecule has 0 radical (unpaired) electrons. The molecule has 1 aromatic heterocycles. The lowest BCUT2D eigenvalue weighted by Crippen LogP contribution is -2.23. The summed E-state index contributed by atoms with van der Waals surface area (Å²) in [6.45, 7) is 1.77. The summed E-state index contributed by atoms with van der Waals surface area (Å²) >= 11 is 6.06. The van der Waals surface area contributed by atoms with Crippen molar-refractivity contribution >= 4 is 35.0 Å². The molecule has 0 unspecified atom stereocenters. The highest BCUT2D eigenvalue weighted by molar-refractivity contribution is 6.34. The fourth-order valence-corrected chi connectivity index (χ4v) is 3.57. The van der Waals surface area contributed by atoms with Crippen LogP contribution in [0.15, 0.2) is 66.9 Å². The van der Waals surface area contributed by atoms with Gasteiger partial charge in [0.1, 0.15) is 17.1 Å². The molecule has 1 amide bonds. The first-order valence-electron chi connectivity index (χ1n) is 9.70. The third-order valence-corrected chi connectivity index (χ3v) is 5.18. The maximum absolute atomic E-state index is 12.7. The molecule has 0 saturated carbocycles. The van der Waals surface area contributed by atoms with Crippen molar-refractivity contribution < 1.29 is 14.3 Å². The van der Waals surface area contributed by atoms with Crippen LogP contribution in [0, 0.1) is 0 Å². The zero-order valence-electron chi connectivity index (χ0n) is 16.2. The van der Waals surface area contributed by atoms with Gasteiger partial charge in [0.15, 0.2) is 0 Å². The number of hydrogen-bond acceptors (Lipinski definition) is 5. The molecule has 0 atom stereocenters. The van der Waals surface area contributed by atoms with Crippen molar-refractivity contribution in [3.05, 3.63) is 83.0 Å². The van der Waals surface area contributed by atoms with E-state index in [1.54, 1.807) is 66.9 Å². The molecule has 30 heavy (non-hydrogen) atoms. The third kappa shape index (κ3) is 4.44. The normalized spacial score (nSPS) is 13.2. The van der Waals surface area contributed by atoms with E-state index in [1.165, 1.54) is 0 Å². The quantitative estimate of drug-likeness (QED) is 0.473. The van der Waals surface area contributed by atoms with Gasteiger partial charge in [-0.25, -0.2) is 9.78 Å². The lowest BCUT2D eigenvalue weighted by Gasteiger charge is -2.18. The van der Waals surface area contributed by atoms with Gasteiger partial charge >= 0.3 is 5.97 Å². The number of nitrogens with zero attached hydrogens (tertiary/aromatic N) is 2. The van der Waals surface area contributed by atoms with Gasteiger partial charge in [-0.1, -0.05) is 23.7 Å². The molecule has 0 bridgehead atoms. The van der Waals surface area contributed by atoms with Crippen LogP contribution < -0.4 is 15.0 Å². The van der Waals surface area contributed by atoms with Crippen molar-refractivity contribution in [3.63, 3.8) is 0 Å². The average molecular weight is 422 g/mol. The predicted octanol–water partition coefficient (Wildman–Crippen LogP) is 4.81.